The van der Waals surface area contributed by atoms with Gasteiger partial charge in [0.15, 0.2) is 35.8 Å². The number of aliphatic hydroxyl groups is 1. The van der Waals surface area contributed by atoms with Gasteiger partial charge < -0.3 is 53.1 Å². The third kappa shape index (κ3) is 14.6. The summed E-state index contributed by atoms with van der Waals surface area (Å²) in [5, 5.41) is 15.1. The maximum absolute atomic E-state index is 15.9. The van der Waals surface area contributed by atoms with E-state index >= 15 is 9.59 Å². The maximum atomic E-state index is 15.9. The van der Waals surface area contributed by atoms with Gasteiger partial charge in [-0.05, 0) is 115 Å². The molecule has 1 aromatic carbocycles. The standard InChI is InChI=1S/C64H85NO18/c1-13-14-15-16-17-18-19-20-21-22-23-24-25-26-27-28-32-35-47(69)77-50(44(36-39(2)3)65-58(73)82-60(7,8)9)57(72)78-49-40(4)48-51(76-41(5)66)53(70)62(12)45(68)37-46-63(38-75-46,81-42(6)67)52(62)55(79-56(71)43-33-30-29-31-34-43)64(61(48,10)11)54(49)80-59(74)83-64/h14-15,17-18,20-21,23-24,26-27,29-31,33-34,39,44-46,49-52,54-55,68H,13,16,19,22,25,28,32,35-38H2,1-12H3,(H,65,73)/b15-14-,18-17-,21-20-,24-23-,27-26-/t44-,45-,46+,49+,50+,51+,52-,54-,55-,62+,63-,64+/m0/s1. The molecule has 2 saturated carbocycles. The Hall–Kier alpha value is -6.86. The van der Waals surface area contributed by atoms with Crippen molar-refractivity contribution in [1.82, 2.24) is 5.32 Å². The minimum Gasteiger partial charge on any atom is -0.454 e. The molecule has 5 aliphatic rings. The molecular formula is C64H85NO18. The Labute approximate surface area is 487 Å². The van der Waals surface area contributed by atoms with Crippen LogP contribution in [0.2, 0.25) is 0 Å². The lowest BCUT2D eigenvalue weighted by atomic mass is 9.44. The molecule has 1 aromatic rings. The van der Waals surface area contributed by atoms with E-state index < -0.39 is 130 Å². The Morgan fingerprint density at radius 1 is 0.831 bits per heavy atom. The van der Waals surface area contributed by atoms with Crippen LogP contribution in [0.1, 0.15) is 158 Å². The quantitative estimate of drug-likeness (QED) is 0.0422. The van der Waals surface area contributed by atoms with E-state index in [1.807, 2.05) is 32.1 Å². The molecule has 2 bridgehead atoms. The largest absolute Gasteiger partial charge is 0.509 e. The van der Waals surface area contributed by atoms with Crippen molar-refractivity contribution >= 4 is 47.9 Å². The molecule has 0 radical (unpaired) electrons. The van der Waals surface area contributed by atoms with Crippen LogP contribution in [0.3, 0.4) is 0 Å². The van der Waals surface area contributed by atoms with Crippen LogP contribution in [0.25, 0.3) is 0 Å². The summed E-state index contributed by atoms with van der Waals surface area (Å²) in [5.41, 5.74) is -9.32. The summed E-state index contributed by atoms with van der Waals surface area (Å²) in [7, 11) is 0. The minimum atomic E-state index is -2.43. The van der Waals surface area contributed by atoms with Crippen LogP contribution < -0.4 is 5.32 Å². The van der Waals surface area contributed by atoms with Gasteiger partial charge in [0.25, 0.3) is 0 Å². The number of ketones is 1. The monoisotopic (exact) mass is 1160 g/mol. The number of Topliss-reactive ketones (excluding diaryl/α,β-unsaturated/α-hetero) is 1. The third-order valence-electron chi connectivity index (χ3n) is 16.1. The van der Waals surface area contributed by atoms with Gasteiger partial charge >= 0.3 is 42.1 Å². The summed E-state index contributed by atoms with van der Waals surface area (Å²) in [6.07, 6.45) is 11.1. The van der Waals surface area contributed by atoms with Gasteiger partial charge in [-0.15, -0.1) is 0 Å². The van der Waals surface area contributed by atoms with Gasteiger partial charge in [-0.2, -0.15) is 0 Å². The second-order valence-corrected chi connectivity index (χ2v) is 24.1. The number of rotatable bonds is 24. The Balaban J connectivity index is 1.40. The number of unbranched alkanes of at least 4 members (excludes halogenated alkanes) is 1. The highest BCUT2D eigenvalue weighted by atomic mass is 16.8. The van der Waals surface area contributed by atoms with Gasteiger partial charge in [-0.3, -0.25) is 19.2 Å². The Bertz CT molecular complexity index is 2730. The summed E-state index contributed by atoms with van der Waals surface area (Å²) in [6, 6.07) is 6.46. The summed E-state index contributed by atoms with van der Waals surface area (Å²) >= 11 is 0. The first kappa shape index (κ1) is 65.3. The third-order valence-corrected chi connectivity index (χ3v) is 16.1. The predicted octanol–water partition coefficient (Wildman–Crippen LogP) is 10.1. The van der Waals surface area contributed by atoms with Crippen LogP contribution in [0.4, 0.5) is 9.59 Å². The van der Waals surface area contributed by atoms with Crippen molar-refractivity contribution in [3.63, 3.8) is 0 Å². The van der Waals surface area contributed by atoms with Gasteiger partial charge in [0, 0.05) is 32.1 Å². The molecule has 12 atom stereocenters. The summed E-state index contributed by atoms with van der Waals surface area (Å²) in [6.45, 7) is 18.5. The summed E-state index contributed by atoms with van der Waals surface area (Å²) in [4.78, 5) is 115. The zero-order chi connectivity index (χ0) is 61.1. The van der Waals surface area contributed by atoms with Crippen molar-refractivity contribution in [3.8, 4) is 0 Å². The molecule has 454 valence electrons. The fourth-order valence-electron chi connectivity index (χ4n) is 12.4. The average Bonchev–Trinajstić information content (AvgIpc) is 1.66. The number of carbonyl (C=O) groups excluding carboxylic acids is 8. The number of amides is 1. The number of ether oxygens (including phenoxy) is 9. The van der Waals surface area contributed by atoms with Crippen LogP contribution in [0, 0.1) is 22.7 Å². The zero-order valence-electron chi connectivity index (χ0n) is 50.1. The molecule has 2 N–H and O–H groups in total. The number of fused-ring (bicyclic) bond motifs is 4. The van der Waals surface area contributed by atoms with E-state index in [0.29, 0.717) is 19.3 Å². The van der Waals surface area contributed by atoms with Crippen LogP contribution in [0.5, 0.6) is 0 Å². The van der Waals surface area contributed by atoms with Crippen molar-refractivity contribution < 1.29 is 86.1 Å². The Kier molecular flexibility index (Phi) is 21.8. The number of aliphatic hydroxyl groups excluding tert-OH is 1. The van der Waals surface area contributed by atoms with Gasteiger partial charge in [-0.1, -0.05) is 114 Å². The van der Waals surface area contributed by atoms with Crippen molar-refractivity contribution in [2.45, 2.75) is 213 Å². The SMILES string of the molecule is CC/C=C\C/C=C\C/C=C\C/C=C\C/C=C\CCCC(=O)O[C@@H](C(=O)O[C@@H]1C(C)=C2[C@@H](OC(C)=O)C(=O)[C@@]3(C)[C@H]([C@H](OC(=O)c4ccccc4)[C@@]4(OC(=O)O[C@@H]14)C2(C)C)[C@]1(OC(C)=O)CO[C@@H]1C[C@@H]3O)[C@H](CC(C)C)NC(=O)OC(C)(C)C. The van der Waals surface area contributed by atoms with Crippen LogP contribution in [-0.2, 0) is 66.6 Å². The number of hydrogen-bond donors (Lipinski definition) is 2. The van der Waals surface area contributed by atoms with Crippen molar-refractivity contribution in [2.75, 3.05) is 6.61 Å². The second-order valence-electron chi connectivity index (χ2n) is 24.1. The van der Waals surface area contributed by atoms with Crippen LogP contribution in [0.15, 0.2) is 102 Å². The van der Waals surface area contributed by atoms with Gasteiger partial charge in [0.05, 0.1) is 35.6 Å². The lowest BCUT2D eigenvalue weighted by molar-refractivity contribution is -0.345. The highest BCUT2D eigenvalue weighted by Gasteiger charge is 2.83. The molecule has 1 spiro atoms. The van der Waals surface area contributed by atoms with E-state index in [0.717, 1.165) is 39.5 Å². The molecule has 19 heteroatoms. The zero-order valence-corrected chi connectivity index (χ0v) is 50.1. The molecule has 83 heavy (non-hydrogen) atoms. The van der Waals surface area contributed by atoms with Crippen LogP contribution >= 0.6 is 0 Å². The van der Waals surface area contributed by atoms with E-state index in [1.165, 1.54) is 26.0 Å². The smallest absolute Gasteiger partial charge is 0.454 e. The molecule has 4 fully saturated rings. The second kappa shape index (κ2) is 27.7. The molecule has 3 aliphatic carbocycles. The number of esters is 5. The van der Waals surface area contributed by atoms with Gasteiger partial charge in [0.1, 0.15) is 11.7 Å². The Morgan fingerprint density at radius 2 is 1.43 bits per heavy atom. The first-order valence-electron chi connectivity index (χ1n) is 28.9. The average molecular weight is 1160 g/mol. The van der Waals surface area contributed by atoms with E-state index in [1.54, 1.807) is 52.8 Å². The molecule has 2 saturated heterocycles. The molecule has 0 aromatic heterocycles. The molecule has 2 heterocycles. The number of carbonyl (C=O) groups is 8. The first-order valence-corrected chi connectivity index (χ1v) is 28.9. The van der Waals surface area contributed by atoms with Gasteiger partial charge in [-0.25, -0.2) is 19.2 Å². The van der Waals surface area contributed by atoms with E-state index in [9.17, 15) is 33.9 Å². The number of alkyl carbamates (subject to hydrolysis) is 1. The predicted molar refractivity (Wildman–Crippen MR) is 304 cm³/mol. The molecule has 0 unspecified atom stereocenters. The van der Waals surface area contributed by atoms with E-state index in [2.05, 4.69) is 54.8 Å². The minimum absolute atomic E-state index is 0.0117. The first-order chi connectivity index (χ1) is 39.2. The van der Waals surface area contributed by atoms with E-state index in [-0.39, 0.29) is 48.5 Å². The summed E-state index contributed by atoms with van der Waals surface area (Å²) in [5.74, 6) is -7.66. The summed E-state index contributed by atoms with van der Waals surface area (Å²) < 4.78 is 55.5. The number of benzene rings is 1. The van der Waals surface area contributed by atoms with Crippen LogP contribution in [-0.4, -0.2) is 125 Å². The number of allylic oxidation sites excluding steroid dienone is 10. The maximum Gasteiger partial charge on any atom is 0.509 e. The topological polar surface area (TPSA) is 252 Å². The highest BCUT2D eigenvalue weighted by molar-refractivity contribution is 5.96. The van der Waals surface area contributed by atoms with Gasteiger partial charge in [0.2, 0.25) is 11.7 Å². The lowest BCUT2D eigenvalue weighted by Gasteiger charge is -2.67. The molecule has 19 nitrogen and oxygen atoms in total. The van der Waals surface area contributed by atoms with Crippen molar-refractivity contribution in [1.29, 1.82) is 0 Å². The van der Waals surface area contributed by atoms with E-state index in [4.69, 9.17) is 42.6 Å². The fourth-order valence-corrected chi connectivity index (χ4v) is 12.4. The van der Waals surface area contributed by atoms with Crippen molar-refractivity contribution in [3.05, 3.63) is 108 Å². The normalized spacial score (nSPS) is 29.0. The lowest BCUT2D eigenvalue weighted by Crippen LogP contribution is -2.83. The molecular weight excluding hydrogens is 1070 g/mol. The molecule has 6 rings (SSSR count). The molecule has 1 amide bonds. The van der Waals surface area contributed by atoms with Crippen molar-refractivity contribution in [2.24, 2.45) is 22.7 Å². The highest BCUT2D eigenvalue weighted by Crippen LogP contribution is 2.67. The Morgan fingerprint density at radius 3 is 1.98 bits per heavy atom. The fraction of sp³-hybridized carbons (Fsp3) is 0.594. The number of nitrogens with one attached hydrogen (secondary N) is 1. The molecule has 2 aliphatic heterocycles. The number of hydrogen-bond acceptors (Lipinski definition) is 18.